The van der Waals surface area contributed by atoms with E-state index in [2.05, 4.69) is 5.32 Å². The van der Waals surface area contributed by atoms with Gasteiger partial charge < -0.3 is 15.0 Å². The van der Waals surface area contributed by atoms with Crippen molar-refractivity contribution >= 4 is 17.5 Å². The largest absolute Gasteiger partial charge is 0.481 e. The second-order valence-electron chi connectivity index (χ2n) is 7.39. The molecule has 1 aliphatic heterocycles. The SMILES string of the molecule is Cc1ccc(O[C@H](C)C(=O)Nc2ccccc2C(=O)N2CCCCC2)cc1C. The summed E-state index contributed by atoms with van der Waals surface area (Å²) in [5, 5.41) is 2.87. The molecule has 28 heavy (non-hydrogen) atoms. The Kier molecular flexibility index (Phi) is 6.34. The molecular weight excluding hydrogens is 352 g/mol. The van der Waals surface area contributed by atoms with Crippen LogP contribution in [0.2, 0.25) is 0 Å². The van der Waals surface area contributed by atoms with Crippen molar-refractivity contribution in [3.8, 4) is 5.75 Å². The average Bonchev–Trinajstić information content (AvgIpc) is 2.71. The van der Waals surface area contributed by atoms with E-state index in [-0.39, 0.29) is 11.8 Å². The van der Waals surface area contributed by atoms with E-state index in [9.17, 15) is 9.59 Å². The Morgan fingerprint density at radius 1 is 1.00 bits per heavy atom. The Balaban J connectivity index is 1.69. The molecule has 0 unspecified atom stereocenters. The zero-order valence-corrected chi connectivity index (χ0v) is 16.8. The molecular formula is C23H28N2O3. The number of amides is 2. The number of hydrogen-bond donors (Lipinski definition) is 1. The summed E-state index contributed by atoms with van der Waals surface area (Å²) < 4.78 is 5.79. The first-order chi connectivity index (χ1) is 13.5. The highest BCUT2D eigenvalue weighted by Crippen LogP contribution is 2.21. The zero-order chi connectivity index (χ0) is 20.1. The van der Waals surface area contributed by atoms with E-state index in [0.717, 1.165) is 37.9 Å². The summed E-state index contributed by atoms with van der Waals surface area (Å²) >= 11 is 0. The molecule has 5 nitrogen and oxygen atoms in total. The van der Waals surface area contributed by atoms with Crippen molar-refractivity contribution in [2.45, 2.75) is 46.1 Å². The highest BCUT2D eigenvalue weighted by atomic mass is 16.5. The smallest absolute Gasteiger partial charge is 0.265 e. The number of aryl methyl sites for hydroxylation is 2. The van der Waals surface area contributed by atoms with E-state index in [1.165, 1.54) is 5.56 Å². The van der Waals surface area contributed by atoms with Crippen molar-refractivity contribution in [3.05, 3.63) is 59.2 Å². The molecule has 1 saturated heterocycles. The number of carbonyl (C=O) groups is 2. The van der Waals surface area contributed by atoms with Gasteiger partial charge >= 0.3 is 0 Å². The van der Waals surface area contributed by atoms with Crippen molar-refractivity contribution in [1.82, 2.24) is 4.90 Å². The summed E-state index contributed by atoms with van der Waals surface area (Å²) in [4.78, 5) is 27.4. The summed E-state index contributed by atoms with van der Waals surface area (Å²) in [5.74, 6) is 0.346. The van der Waals surface area contributed by atoms with Crippen LogP contribution in [0.5, 0.6) is 5.75 Å². The van der Waals surface area contributed by atoms with Crippen LogP contribution in [0.25, 0.3) is 0 Å². The summed E-state index contributed by atoms with van der Waals surface area (Å²) in [6.07, 6.45) is 2.54. The maximum Gasteiger partial charge on any atom is 0.265 e. The van der Waals surface area contributed by atoms with Gasteiger partial charge in [-0.25, -0.2) is 0 Å². The van der Waals surface area contributed by atoms with E-state index < -0.39 is 6.10 Å². The van der Waals surface area contributed by atoms with E-state index >= 15 is 0 Å². The highest BCUT2D eigenvalue weighted by molar-refractivity contribution is 6.04. The van der Waals surface area contributed by atoms with Gasteiger partial charge in [-0.2, -0.15) is 0 Å². The Morgan fingerprint density at radius 2 is 1.71 bits per heavy atom. The van der Waals surface area contributed by atoms with E-state index in [0.29, 0.717) is 17.0 Å². The fourth-order valence-corrected chi connectivity index (χ4v) is 3.33. The van der Waals surface area contributed by atoms with Gasteiger partial charge in [0, 0.05) is 13.1 Å². The molecule has 2 amide bonds. The molecule has 0 aromatic heterocycles. The van der Waals surface area contributed by atoms with Crippen LogP contribution in [0.3, 0.4) is 0 Å². The fraction of sp³-hybridized carbons (Fsp3) is 0.391. The molecule has 5 heteroatoms. The lowest BCUT2D eigenvalue weighted by Crippen LogP contribution is -2.36. The number of rotatable bonds is 5. The maximum atomic E-state index is 12.9. The molecule has 2 aromatic rings. The van der Waals surface area contributed by atoms with Gasteiger partial charge in [-0.3, -0.25) is 9.59 Å². The monoisotopic (exact) mass is 380 g/mol. The Hall–Kier alpha value is -2.82. The maximum absolute atomic E-state index is 12.9. The van der Waals surface area contributed by atoms with E-state index in [4.69, 9.17) is 4.74 Å². The molecule has 1 N–H and O–H groups in total. The number of benzene rings is 2. The molecule has 3 rings (SSSR count). The van der Waals surface area contributed by atoms with Gasteiger partial charge in [-0.05, 0) is 75.4 Å². The van der Waals surface area contributed by atoms with E-state index in [1.807, 2.05) is 49.1 Å². The molecule has 1 heterocycles. The molecule has 2 aromatic carbocycles. The zero-order valence-electron chi connectivity index (χ0n) is 16.8. The van der Waals surface area contributed by atoms with Crippen LogP contribution in [-0.2, 0) is 4.79 Å². The topological polar surface area (TPSA) is 58.6 Å². The lowest BCUT2D eigenvalue weighted by Gasteiger charge is -2.27. The number of carbonyl (C=O) groups excluding carboxylic acids is 2. The van der Waals surface area contributed by atoms with Crippen LogP contribution < -0.4 is 10.1 Å². The molecule has 0 bridgehead atoms. The fourth-order valence-electron chi connectivity index (χ4n) is 3.33. The summed E-state index contributed by atoms with van der Waals surface area (Å²) in [5.41, 5.74) is 3.34. The van der Waals surface area contributed by atoms with Crippen LogP contribution in [0, 0.1) is 13.8 Å². The van der Waals surface area contributed by atoms with E-state index in [1.54, 1.807) is 19.1 Å². The quantitative estimate of drug-likeness (QED) is 0.840. The van der Waals surface area contributed by atoms with Crippen molar-refractivity contribution in [1.29, 1.82) is 0 Å². The molecule has 0 spiro atoms. The number of piperidine rings is 1. The van der Waals surface area contributed by atoms with Crippen molar-refractivity contribution in [3.63, 3.8) is 0 Å². The predicted octanol–water partition coefficient (Wildman–Crippen LogP) is 4.34. The van der Waals surface area contributed by atoms with Crippen LogP contribution in [0.15, 0.2) is 42.5 Å². The van der Waals surface area contributed by atoms with Crippen molar-refractivity contribution in [2.24, 2.45) is 0 Å². The van der Waals surface area contributed by atoms with Gasteiger partial charge in [0.05, 0.1) is 11.3 Å². The standard InChI is InChI=1S/C23H28N2O3/c1-16-11-12-19(15-17(16)2)28-18(3)22(26)24-21-10-6-5-9-20(21)23(27)25-13-7-4-8-14-25/h5-6,9-12,15,18H,4,7-8,13-14H2,1-3H3,(H,24,26)/t18-/m1/s1. The molecule has 1 aliphatic rings. The minimum Gasteiger partial charge on any atom is -0.481 e. The molecule has 0 saturated carbocycles. The van der Waals surface area contributed by atoms with Gasteiger partial charge in [-0.15, -0.1) is 0 Å². The van der Waals surface area contributed by atoms with Gasteiger partial charge in [0.2, 0.25) is 0 Å². The summed E-state index contributed by atoms with van der Waals surface area (Å²) in [6, 6.07) is 12.9. The van der Waals surface area contributed by atoms with Gasteiger partial charge in [0.1, 0.15) is 5.75 Å². The third kappa shape index (κ3) is 4.71. The predicted molar refractivity (Wildman–Crippen MR) is 111 cm³/mol. The number of nitrogens with zero attached hydrogens (tertiary/aromatic N) is 1. The first kappa shape index (κ1) is 19.9. The van der Waals surface area contributed by atoms with Crippen molar-refractivity contribution < 1.29 is 14.3 Å². The summed E-state index contributed by atoms with van der Waals surface area (Å²) in [6.45, 7) is 7.29. The van der Waals surface area contributed by atoms with Crippen LogP contribution in [0.1, 0.15) is 47.7 Å². The number of likely N-dealkylation sites (tertiary alicyclic amines) is 1. The molecule has 0 radical (unpaired) electrons. The minimum atomic E-state index is -0.680. The number of hydrogen-bond acceptors (Lipinski definition) is 3. The van der Waals surface area contributed by atoms with Crippen molar-refractivity contribution in [2.75, 3.05) is 18.4 Å². The van der Waals surface area contributed by atoms with Gasteiger partial charge in [0.25, 0.3) is 11.8 Å². The van der Waals surface area contributed by atoms with Gasteiger partial charge in [-0.1, -0.05) is 18.2 Å². The molecule has 148 valence electrons. The summed E-state index contributed by atoms with van der Waals surface area (Å²) in [7, 11) is 0. The van der Waals surface area contributed by atoms with Crippen LogP contribution in [0.4, 0.5) is 5.69 Å². The minimum absolute atomic E-state index is 0.0293. The second kappa shape index (κ2) is 8.91. The van der Waals surface area contributed by atoms with Crippen LogP contribution >= 0.6 is 0 Å². The Bertz CT molecular complexity index is 857. The molecule has 0 aliphatic carbocycles. The Labute approximate surface area is 166 Å². The number of para-hydroxylation sites is 1. The normalized spacial score (nSPS) is 15.0. The number of anilines is 1. The number of nitrogens with one attached hydrogen (secondary N) is 1. The van der Waals surface area contributed by atoms with Crippen LogP contribution in [-0.4, -0.2) is 35.9 Å². The van der Waals surface area contributed by atoms with Gasteiger partial charge in [0.15, 0.2) is 6.10 Å². The highest BCUT2D eigenvalue weighted by Gasteiger charge is 2.23. The first-order valence-electron chi connectivity index (χ1n) is 9.89. The Morgan fingerprint density at radius 3 is 2.43 bits per heavy atom. The second-order valence-corrected chi connectivity index (χ2v) is 7.39. The average molecular weight is 380 g/mol. The first-order valence-corrected chi connectivity index (χ1v) is 9.89. The number of ether oxygens (including phenoxy) is 1. The third-order valence-corrected chi connectivity index (χ3v) is 5.22. The lowest BCUT2D eigenvalue weighted by molar-refractivity contribution is -0.122. The molecule has 1 fully saturated rings. The molecule has 1 atom stereocenters. The third-order valence-electron chi connectivity index (χ3n) is 5.22. The lowest BCUT2D eigenvalue weighted by atomic mass is 10.1.